The average Bonchev–Trinajstić information content (AvgIpc) is 3.01. The zero-order valence-electron chi connectivity index (χ0n) is 12.1. The lowest BCUT2D eigenvalue weighted by Gasteiger charge is -2.13. The van der Waals surface area contributed by atoms with Gasteiger partial charge in [-0.1, -0.05) is 0 Å². The lowest BCUT2D eigenvalue weighted by atomic mass is 10.2. The topological polar surface area (TPSA) is 50.2 Å². The molecule has 1 saturated heterocycles. The second kappa shape index (κ2) is 6.21. The first-order valence-corrected chi connectivity index (χ1v) is 8.05. The van der Waals surface area contributed by atoms with Crippen molar-refractivity contribution >= 4 is 50.9 Å². The first kappa shape index (κ1) is 15.8. The van der Waals surface area contributed by atoms with Crippen LogP contribution in [0.2, 0.25) is 0 Å². The lowest BCUT2D eigenvalue weighted by molar-refractivity contribution is -0.113. The Hall–Kier alpha value is -2.06. The number of nitrogens with one attached hydrogen (secondary N) is 1. The van der Waals surface area contributed by atoms with Crippen molar-refractivity contribution in [1.29, 1.82) is 0 Å². The summed E-state index contributed by atoms with van der Waals surface area (Å²) in [5, 5.41) is 7.47. The van der Waals surface area contributed by atoms with Crippen LogP contribution in [0.5, 0.6) is 0 Å². The normalized spacial score (nSPS) is 16.3. The fraction of sp³-hybridized carbons (Fsp3) is 0.133. The van der Waals surface area contributed by atoms with Crippen LogP contribution in [0, 0.1) is 5.82 Å². The molecule has 0 atom stereocenters. The predicted molar refractivity (Wildman–Crippen MR) is 93.2 cm³/mol. The molecule has 1 fully saturated rings. The summed E-state index contributed by atoms with van der Waals surface area (Å²) < 4.78 is 15.6. The molecule has 23 heavy (non-hydrogen) atoms. The number of nitrogens with zero attached hydrogens (tertiary/aromatic N) is 3. The summed E-state index contributed by atoms with van der Waals surface area (Å²) >= 11 is 8.62. The van der Waals surface area contributed by atoms with Gasteiger partial charge in [0.15, 0.2) is 5.11 Å². The van der Waals surface area contributed by atoms with Crippen LogP contribution in [-0.4, -0.2) is 20.8 Å². The molecule has 8 heteroatoms. The van der Waals surface area contributed by atoms with E-state index >= 15 is 0 Å². The highest BCUT2D eigenvalue weighted by molar-refractivity contribution is 9.10. The molecule has 1 aromatic carbocycles. The van der Waals surface area contributed by atoms with Gasteiger partial charge in [-0.25, -0.2) is 4.39 Å². The Morgan fingerprint density at radius 1 is 1.39 bits per heavy atom. The van der Waals surface area contributed by atoms with Crippen LogP contribution in [0.15, 0.2) is 40.6 Å². The zero-order valence-corrected chi connectivity index (χ0v) is 14.5. The molecule has 0 saturated carbocycles. The molecule has 118 valence electrons. The number of carbonyl (C=O) groups is 1. The van der Waals surface area contributed by atoms with Crippen LogP contribution in [-0.2, 0) is 11.3 Å². The first-order valence-electron chi connectivity index (χ1n) is 6.85. The molecule has 0 unspecified atom stereocenters. The average molecular weight is 395 g/mol. The molecule has 1 N–H and O–H groups in total. The number of benzene rings is 1. The number of rotatable bonds is 3. The Bertz CT molecular complexity index is 815. The molecular weight excluding hydrogens is 383 g/mol. The van der Waals surface area contributed by atoms with Gasteiger partial charge in [-0.3, -0.25) is 14.4 Å². The van der Waals surface area contributed by atoms with Crippen LogP contribution in [0.4, 0.5) is 10.1 Å². The van der Waals surface area contributed by atoms with Gasteiger partial charge < -0.3 is 5.32 Å². The standard InChI is InChI=1S/C15H12BrFN4OS/c1-2-20-8-11(16)12(19-20)7-13-14(22)21(15(23)18-13)10-5-3-9(17)4-6-10/h3-8H,2H2,1H3,(H,18,23)/b13-7+. The summed E-state index contributed by atoms with van der Waals surface area (Å²) in [6, 6.07) is 5.58. The number of carbonyl (C=O) groups excluding carboxylic acids is 1. The van der Waals surface area contributed by atoms with Gasteiger partial charge in [0.25, 0.3) is 5.91 Å². The Kier molecular flexibility index (Phi) is 4.27. The highest BCUT2D eigenvalue weighted by Gasteiger charge is 2.32. The van der Waals surface area contributed by atoms with Crippen LogP contribution in [0.1, 0.15) is 12.6 Å². The molecule has 0 aliphatic carbocycles. The summed E-state index contributed by atoms with van der Waals surface area (Å²) in [5.41, 5.74) is 1.46. The maximum Gasteiger partial charge on any atom is 0.281 e. The minimum atomic E-state index is -0.371. The van der Waals surface area contributed by atoms with E-state index in [1.54, 1.807) is 10.8 Å². The second-order valence-electron chi connectivity index (χ2n) is 4.82. The molecule has 0 bridgehead atoms. The molecule has 1 aliphatic rings. The van der Waals surface area contributed by atoms with Gasteiger partial charge in [0, 0.05) is 12.7 Å². The van der Waals surface area contributed by atoms with Crippen molar-refractivity contribution in [1.82, 2.24) is 15.1 Å². The second-order valence-corrected chi connectivity index (χ2v) is 6.06. The van der Waals surface area contributed by atoms with E-state index in [1.165, 1.54) is 29.2 Å². The monoisotopic (exact) mass is 394 g/mol. The Morgan fingerprint density at radius 3 is 2.70 bits per heavy atom. The quantitative estimate of drug-likeness (QED) is 0.641. The van der Waals surface area contributed by atoms with Crippen LogP contribution >= 0.6 is 28.1 Å². The third kappa shape index (κ3) is 3.04. The number of hydrogen-bond acceptors (Lipinski definition) is 3. The lowest BCUT2D eigenvalue weighted by Crippen LogP contribution is -2.30. The molecule has 2 aromatic rings. The maximum absolute atomic E-state index is 13.0. The Labute approximate surface area is 145 Å². The van der Waals surface area contributed by atoms with E-state index in [-0.39, 0.29) is 16.8 Å². The van der Waals surface area contributed by atoms with Gasteiger partial charge in [0.05, 0.1) is 10.2 Å². The Morgan fingerprint density at radius 2 is 2.09 bits per heavy atom. The number of amides is 1. The van der Waals surface area contributed by atoms with Crippen molar-refractivity contribution in [3.63, 3.8) is 0 Å². The minimum absolute atomic E-state index is 0.249. The van der Waals surface area contributed by atoms with E-state index < -0.39 is 0 Å². The van der Waals surface area contributed by atoms with E-state index in [9.17, 15) is 9.18 Å². The molecule has 1 aromatic heterocycles. The largest absolute Gasteiger partial charge is 0.327 e. The van der Waals surface area contributed by atoms with Gasteiger partial charge in [-0.15, -0.1) is 0 Å². The van der Waals surface area contributed by atoms with Crippen molar-refractivity contribution in [2.24, 2.45) is 0 Å². The minimum Gasteiger partial charge on any atom is -0.327 e. The highest BCUT2D eigenvalue weighted by Crippen LogP contribution is 2.24. The fourth-order valence-corrected chi connectivity index (χ4v) is 2.90. The predicted octanol–water partition coefficient (Wildman–Crippen LogP) is 3.07. The van der Waals surface area contributed by atoms with Gasteiger partial charge in [-0.05, 0) is 65.4 Å². The molecule has 0 spiro atoms. The van der Waals surface area contributed by atoms with E-state index in [2.05, 4.69) is 26.3 Å². The summed E-state index contributed by atoms with van der Waals surface area (Å²) in [7, 11) is 0. The van der Waals surface area contributed by atoms with E-state index in [0.717, 1.165) is 11.0 Å². The Balaban J connectivity index is 1.92. The van der Waals surface area contributed by atoms with Crippen molar-refractivity contribution in [2.45, 2.75) is 13.5 Å². The SMILES string of the molecule is CCn1cc(Br)c(/C=C2/NC(=S)N(c3ccc(F)cc3)C2=O)n1. The number of aromatic nitrogens is 2. The van der Waals surface area contributed by atoms with Crippen molar-refractivity contribution < 1.29 is 9.18 Å². The van der Waals surface area contributed by atoms with E-state index in [0.29, 0.717) is 17.1 Å². The third-order valence-corrected chi connectivity index (χ3v) is 4.21. The molecule has 2 heterocycles. The third-order valence-electron chi connectivity index (χ3n) is 3.31. The van der Waals surface area contributed by atoms with Crippen LogP contribution in [0.3, 0.4) is 0 Å². The highest BCUT2D eigenvalue weighted by atomic mass is 79.9. The van der Waals surface area contributed by atoms with Gasteiger partial charge in [0.2, 0.25) is 0 Å². The number of aryl methyl sites for hydroxylation is 1. The number of anilines is 1. The summed E-state index contributed by atoms with van der Waals surface area (Å²) in [5.74, 6) is -0.677. The van der Waals surface area contributed by atoms with Crippen molar-refractivity contribution in [3.05, 3.63) is 52.1 Å². The van der Waals surface area contributed by atoms with Crippen LogP contribution in [0.25, 0.3) is 6.08 Å². The number of thiocarbonyl (C=S) groups is 1. The molecular formula is C15H12BrFN4OS. The first-order chi connectivity index (χ1) is 11.0. The van der Waals surface area contributed by atoms with Crippen molar-refractivity contribution in [3.8, 4) is 0 Å². The van der Waals surface area contributed by atoms with Crippen LogP contribution < -0.4 is 10.2 Å². The molecule has 1 aliphatic heterocycles. The molecule has 0 radical (unpaired) electrons. The summed E-state index contributed by atoms with van der Waals surface area (Å²) in [6.45, 7) is 2.70. The van der Waals surface area contributed by atoms with Gasteiger partial charge in [0.1, 0.15) is 17.2 Å². The maximum atomic E-state index is 13.0. The van der Waals surface area contributed by atoms with Crippen molar-refractivity contribution in [2.75, 3.05) is 4.90 Å². The van der Waals surface area contributed by atoms with Gasteiger partial charge in [-0.2, -0.15) is 5.10 Å². The summed E-state index contributed by atoms with van der Waals surface area (Å²) in [6.07, 6.45) is 3.47. The fourth-order valence-electron chi connectivity index (χ4n) is 2.17. The van der Waals surface area contributed by atoms with Gasteiger partial charge >= 0.3 is 0 Å². The smallest absolute Gasteiger partial charge is 0.281 e. The number of halogens is 2. The summed E-state index contributed by atoms with van der Waals surface area (Å²) in [4.78, 5) is 13.9. The van der Waals surface area contributed by atoms with E-state index in [4.69, 9.17) is 12.2 Å². The molecule has 1 amide bonds. The molecule has 5 nitrogen and oxygen atoms in total. The number of hydrogen-bond donors (Lipinski definition) is 1. The zero-order chi connectivity index (χ0) is 16.6. The van der Waals surface area contributed by atoms with E-state index in [1.807, 2.05) is 13.1 Å². The molecule has 3 rings (SSSR count).